The van der Waals surface area contributed by atoms with Crippen LogP contribution in [0, 0.1) is 6.92 Å². The van der Waals surface area contributed by atoms with Crippen LogP contribution in [0.2, 0.25) is 0 Å². The third-order valence-corrected chi connectivity index (χ3v) is 7.94. The van der Waals surface area contributed by atoms with Gasteiger partial charge in [0.05, 0.1) is 12.3 Å². The van der Waals surface area contributed by atoms with Crippen molar-refractivity contribution in [1.29, 1.82) is 0 Å². The van der Waals surface area contributed by atoms with Crippen LogP contribution in [-0.2, 0) is 19.6 Å². The molecule has 2 heterocycles. The van der Waals surface area contributed by atoms with E-state index in [9.17, 15) is 14.7 Å². The number of allylic oxidation sites excluding steroid dienone is 1. The molecule has 0 bridgehead atoms. The number of nitrogens with zero attached hydrogens (tertiary/aromatic N) is 1. The largest absolute Gasteiger partial charge is 0.392 e. The first-order valence-electron chi connectivity index (χ1n) is 9.91. The second-order valence-corrected chi connectivity index (χ2v) is 9.68. The first kappa shape index (κ1) is 20.1. The molecular formula is C24H20N2O3S2. The molecule has 0 saturated carbocycles. The van der Waals surface area contributed by atoms with Gasteiger partial charge in [0.1, 0.15) is 14.2 Å². The van der Waals surface area contributed by atoms with Crippen molar-refractivity contribution in [1.82, 2.24) is 4.57 Å². The molecular weight excluding hydrogens is 428 g/mol. The van der Waals surface area contributed by atoms with Crippen LogP contribution in [0.15, 0.2) is 58.7 Å². The number of aromatic nitrogens is 1. The minimum Gasteiger partial charge on any atom is -0.392 e. The Morgan fingerprint density at radius 3 is 2.84 bits per heavy atom. The first-order valence-corrected chi connectivity index (χ1v) is 11.5. The number of aliphatic hydroxyl groups excluding tert-OH is 1. The van der Waals surface area contributed by atoms with E-state index in [1.165, 1.54) is 23.1 Å². The van der Waals surface area contributed by atoms with Gasteiger partial charge in [0.15, 0.2) is 5.78 Å². The minimum absolute atomic E-state index is 0.00600. The number of benzene rings is 2. The summed E-state index contributed by atoms with van der Waals surface area (Å²) in [6.07, 6.45) is 2.21. The summed E-state index contributed by atoms with van der Waals surface area (Å²) >= 11 is 2.83. The lowest BCUT2D eigenvalue weighted by Gasteiger charge is -1.99. The average Bonchev–Trinajstić information content (AvgIpc) is 3.42. The molecule has 0 amide bonds. The molecule has 31 heavy (non-hydrogen) atoms. The molecule has 0 atom stereocenters. The molecule has 1 aliphatic heterocycles. The summed E-state index contributed by atoms with van der Waals surface area (Å²) in [5, 5.41) is 13.5. The number of fused-ring (bicyclic) bond motifs is 2. The van der Waals surface area contributed by atoms with Gasteiger partial charge in [-0.1, -0.05) is 47.7 Å². The lowest BCUT2D eigenvalue weighted by Crippen LogP contribution is -2.33. The van der Waals surface area contributed by atoms with E-state index in [4.69, 9.17) is 0 Å². The molecule has 2 aromatic carbocycles. The fourth-order valence-corrected chi connectivity index (χ4v) is 6.32. The minimum atomic E-state index is -0.127. The highest BCUT2D eigenvalue weighted by Gasteiger charge is 2.28. The molecule has 0 fully saturated rings. The molecule has 156 valence electrons. The summed E-state index contributed by atoms with van der Waals surface area (Å²) in [4.78, 5) is 27.4. The van der Waals surface area contributed by atoms with E-state index in [1.54, 1.807) is 10.6 Å². The Labute approximate surface area is 187 Å². The number of thioether (sulfide) groups is 1. The monoisotopic (exact) mass is 448 g/mol. The van der Waals surface area contributed by atoms with Crippen LogP contribution in [0.1, 0.15) is 27.0 Å². The predicted octanol–water partition coefficient (Wildman–Crippen LogP) is 2.77. The maximum Gasteiger partial charge on any atom is 0.272 e. The van der Waals surface area contributed by atoms with Crippen LogP contribution in [0.4, 0.5) is 5.69 Å². The molecule has 0 spiro atoms. The second kappa shape index (κ2) is 7.67. The van der Waals surface area contributed by atoms with Gasteiger partial charge in [-0.25, -0.2) is 0 Å². The summed E-state index contributed by atoms with van der Waals surface area (Å²) in [5.74, 6) is -0.00600. The van der Waals surface area contributed by atoms with Crippen molar-refractivity contribution in [2.45, 2.75) is 31.4 Å². The van der Waals surface area contributed by atoms with Gasteiger partial charge in [0, 0.05) is 29.0 Å². The van der Waals surface area contributed by atoms with Gasteiger partial charge in [-0.3, -0.25) is 14.2 Å². The van der Waals surface area contributed by atoms with Gasteiger partial charge in [-0.15, -0.1) is 17.9 Å². The molecule has 0 radical (unpaired) electrons. The van der Waals surface area contributed by atoms with Crippen LogP contribution in [-0.4, -0.2) is 15.5 Å². The molecule has 5 nitrogen and oxygen atoms in total. The van der Waals surface area contributed by atoms with Gasteiger partial charge >= 0.3 is 0 Å². The molecule has 0 unspecified atom stereocenters. The number of ketones is 1. The maximum absolute atomic E-state index is 13.3. The summed E-state index contributed by atoms with van der Waals surface area (Å²) in [6.45, 7) is 6.12. The van der Waals surface area contributed by atoms with Crippen molar-refractivity contribution in [3.8, 4) is 0 Å². The fourth-order valence-electron chi connectivity index (χ4n) is 3.98. The molecule has 2 aliphatic rings. The Hall–Kier alpha value is -2.87. The second-order valence-electron chi connectivity index (χ2n) is 7.63. The lowest BCUT2D eigenvalue weighted by atomic mass is 10.1. The van der Waals surface area contributed by atoms with E-state index in [2.05, 4.69) is 11.9 Å². The zero-order valence-electron chi connectivity index (χ0n) is 16.9. The number of Topliss-reactive ketones (excluding diaryl/α,β-unsaturated/α-hetero) is 1. The van der Waals surface area contributed by atoms with E-state index in [0.29, 0.717) is 27.7 Å². The number of aliphatic hydroxyl groups is 1. The normalized spacial score (nSPS) is 18.1. The molecule has 0 saturated heterocycles. The van der Waals surface area contributed by atoms with Gasteiger partial charge < -0.3 is 10.4 Å². The number of hydrogen-bond donors (Lipinski definition) is 2. The van der Waals surface area contributed by atoms with E-state index in [0.717, 1.165) is 37.9 Å². The van der Waals surface area contributed by atoms with Crippen molar-refractivity contribution >= 4 is 45.2 Å². The van der Waals surface area contributed by atoms with Crippen molar-refractivity contribution in [2.24, 2.45) is 0 Å². The summed E-state index contributed by atoms with van der Waals surface area (Å²) in [6, 6.07) is 11.6. The van der Waals surface area contributed by atoms with E-state index < -0.39 is 0 Å². The first-order chi connectivity index (χ1) is 15.0. The van der Waals surface area contributed by atoms with Crippen molar-refractivity contribution in [3.05, 3.63) is 90.9 Å². The lowest BCUT2D eigenvalue weighted by molar-refractivity contribution is 0.105. The Kier molecular flexibility index (Phi) is 4.97. The van der Waals surface area contributed by atoms with Crippen molar-refractivity contribution in [2.75, 3.05) is 5.32 Å². The van der Waals surface area contributed by atoms with Gasteiger partial charge in [-0.05, 0) is 30.2 Å². The topological polar surface area (TPSA) is 71.3 Å². The standard InChI is InChI=1S/C24H20N2O3S2/c1-3-8-26-23(29)21(22-25-18-7-5-14(12-27)10-19(18)30-22)31-24(26)17-11-15-9-13(2)4-6-16(15)20(17)28/h3-7,9-10,25,27H,1,8,11-12H2,2H3/b22-21+,24-17-. The van der Waals surface area contributed by atoms with Crippen LogP contribution >= 0.6 is 23.1 Å². The number of aryl methyl sites for hydroxylation is 1. The van der Waals surface area contributed by atoms with Crippen LogP contribution in [0.25, 0.3) is 10.6 Å². The number of nitrogens with one attached hydrogen (secondary N) is 1. The number of thiazole rings is 1. The summed E-state index contributed by atoms with van der Waals surface area (Å²) in [5.41, 5.74) is 5.12. The van der Waals surface area contributed by atoms with Gasteiger partial charge in [0.2, 0.25) is 0 Å². The predicted molar refractivity (Wildman–Crippen MR) is 126 cm³/mol. The Bertz CT molecular complexity index is 1450. The molecule has 2 N–H and O–H groups in total. The highest BCUT2D eigenvalue weighted by Crippen LogP contribution is 2.41. The molecule has 1 aromatic heterocycles. The van der Waals surface area contributed by atoms with Crippen LogP contribution < -0.4 is 20.1 Å². The van der Waals surface area contributed by atoms with Crippen molar-refractivity contribution < 1.29 is 9.90 Å². The zero-order valence-corrected chi connectivity index (χ0v) is 18.5. The van der Waals surface area contributed by atoms with Crippen LogP contribution in [0.5, 0.6) is 0 Å². The smallest absolute Gasteiger partial charge is 0.272 e. The highest BCUT2D eigenvalue weighted by molar-refractivity contribution is 8.08. The van der Waals surface area contributed by atoms with Gasteiger partial charge in [-0.2, -0.15) is 0 Å². The molecule has 5 rings (SSSR count). The van der Waals surface area contributed by atoms with Crippen molar-refractivity contribution in [3.63, 3.8) is 0 Å². The third-order valence-electron chi connectivity index (χ3n) is 5.49. The van der Waals surface area contributed by atoms with E-state index in [1.807, 2.05) is 43.3 Å². The molecule has 7 heteroatoms. The van der Waals surface area contributed by atoms with Crippen LogP contribution in [0.3, 0.4) is 0 Å². The van der Waals surface area contributed by atoms with E-state index in [-0.39, 0.29) is 17.9 Å². The Balaban J connectivity index is 1.70. The summed E-state index contributed by atoms with van der Waals surface area (Å²) < 4.78 is 2.92. The van der Waals surface area contributed by atoms with E-state index >= 15 is 0 Å². The third kappa shape index (κ3) is 3.29. The Morgan fingerprint density at radius 1 is 1.23 bits per heavy atom. The number of carbonyl (C=O) groups is 1. The number of hydrogen-bond acceptors (Lipinski definition) is 6. The maximum atomic E-state index is 13.3. The SMILES string of the molecule is C=CCn1c(=O)/c(=C2/Nc3ccc(CO)cc3S2)s/c1=C1/Cc2cc(C)ccc2C1=O. The number of carbonyl (C=O) groups excluding carboxylic acids is 1. The van der Waals surface area contributed by atoms with Gasteiger partial charge in [0.25, 0.3) is 5.56 Å². The number of anilines is 1. The quantitative estimate of drug-likeness (QED) is 0.603. The Morgan fingerprint density at radius 2 is 2.06 bits per heavy atom. The zero-order chi connectivity index (χ0) is 21.7. The highest BCUT2D eigenvalue weighted by atomic mass is 32.2. The fraction of sp³-hybridized carbons (Fsp3) is 0.167. The average molecular weight is 449 g/mol. The number of rotatable bonds is 3. The summed E-state index contributed by atoms with van der Waals surface area (Å²) in [7, 11) is 0. The molecule has 3 aromatic rings. The molecule has 1 aliphatic carbocycles.